The highest BCUT2D eigenvalue weighted by molar-refractivity contribution is 7.15. The lowest BCUT2D eigenvalue weighted by atomic mass is 9.86. The van der Waals surface area contributed by atoms with E-state index in [1.54, 1.807) is 11.3 Å². The number of nitrogens with one attached hydrogen (secondary N) is 1. The Hall–Kier alpha value is -1.83. The van der Waals surface area contributed by atoms with Crippen LogP contribution in [0, 0.1) is 19.3 Å². The van der Waals surface area contributed by atoms with Gasteiger partial charge in [0.1, 0.15) is 0 Å². The molecule has 1 N–H and O–H groups in total. The molecule has 4 rings (SSSR count). The molecule has 1 atom stereocenters. The minimum Gasteiger partial charge on any atom is -0.302 e. The second-order valence-electron chi connectivity index (χ2n) is 8.49. The molecular weight excluding hydrogens is 370 g/mol. The van der Waals surface area contributed by atoms with Gasteiger partial charge in [0.15, 0.2) is 5.13 Å². The number of pyridine rings is 1. The number of hydrogen-bond donors (Lipinski definition) is 1. The van der Waals surface area contributed by atoms with Crippen LogP contribution >= 0.6 is 11.3 Å². The number of hydrogen-bond acceptors (Lipinski definition) is 6. The fraction of sp³-hybridized carbons (Fsp3) is 0.571. The predicted octanol–water partition coefficient (Wildman–Crippen LogP) is 3.21. The minimum absolute atomic E-state index is 0.0633. The van der Waals surface area contributed by atoms with Crippen molar-refractivity contribution in [1.29, 1.82) is 0 Å². The number of aryl methyl sites for hydroxylation is 2. The summed E-state index contributed by atoms with van der Waals surface area (Å²) in [5.41, 5.74) is 4.03. The molecule has 2 aromatic heterocycles. The zero-order chi connectivity index (χ0) is 19.7. The van der Waals surface area contributed by atoms with E-state index in [0.717, 1.165) is 37.6 Å². The number of nitrogens with zero attached hydrogens (tertiary/aromatic N) is 4. The Bertz CT molecular complexity index is 846. The number of carbonyl (C=O) groups excluding carboxylic acids is 1. The zero-order valence-electron chi connectivity index (χ0n) is 17.0. The van der Waals surface area contributed by atoms with Crippen LogP contribution in [0.25, 0.3) is 0 Å². The lowest BCUT2D eigenvalue weighted by molar-refractivity contribution is -0.114. The molecule has 0 aromatic carbocycles. The molecule has 7 heteroatoms. The van der Waals surface area contributed by atoms with Crippen molar-refractivity contribution < 1.29 is 4.79 Å². The van der Waals surface area contributed by atoms with Crippen LogP contribution < -0.4 is 5.32 Å². The quantitative estimate of drug-likeness (QED) is 0.837. The first-order valence-corrected chi connectivity index (χ1v) is 10.8. The number of thiazole rings is 1. The van der Waals surface area contributed by atoms with E-state index in [4.69, 9.17) is 0 Å². The summed E-state index contributed by atoms with van der Waals surface area (Å²) in [5, 5.41) is 3.47. The number of amides is 1. The van der Waals surface area contributed by atoms with Crippen LogP contribution in [0.5, 0.6) is 0 Å². The molecule has 2 aromatic rings. The van der Waals surface area contributed by atoms with Crippen molar-refractivity contribution in [3.05, 3.63) is 40.2 Å². The summed E-state index contributed by atoms with van der Waals surface area (Å²) in [6, 6.07) is 4.44. The van der Waals surface area contributed by atoms with Crippen molar-refractivity contribution in [3.8, 4) is 0 Å². The molecule has 0 radical (unpaired) electrons. The van der Waals surface area contributed by atoms with Gasteiger partial charge in [0, 0.05) is 55.6 Å². The Morgan fingerprint density at radius 3 is 2.43 bits per heavy atom. The van der Waals surface area contributed by atoms with E-state index in [-0.39, 0.29) is 5.91 Å². The summed E-state index contributed by atoms with van der Waals surface area (Å²) in [7, 11) is 0. The molecule has 1 spiro atoms. The van der Waals surface area contributed by atoms with Gasteiger partial charge in [-0.05, 0) is 62.9 Å². The van der Waals surface area contributed by atoms with Gasteiger partial charge in [0.05, 0.1) is 0 Å². The van der Waals surface area contributed by atoms with Crippen LogP contribution in [-0.2, 0) is 17.9 Å². The van der Waals surface area contributed by atoms with Crippen molar-refractivity contribution in [3.63, 3.8) is 0 Å². The smallest absolute Gasteiger partial charge is 0.223 e. The molecule has 0 bridgehead atoms. The lowest BCUT2D eigenvalue weighted by Gasteiger charge is -2.25. The van der Waals surface area contributed by atoms with Gasteiger partial charge < -0.3 is 5.32 Å². The topological polar surface area (TPSA) is 61.4 Å². The SMILES string of the molecule is CC(=O)Nc1ncc(CN2CCC3(CCN(Cc4cc(C)nc(C)c4)C3)C2)s1. The number of rotatable bonds is 5. The maximum atomic E-state index is 11.2. The summed E-state index contributed by atoms with van der Waals surface area (Å²) in [6.07, 6.45) is 4.46. The van der Waals surface area contributed by atoms with Crippen LogP contribution in [0.2, 0.25) is 0 Å². The molecule has 6 nitrogen and oxygen atoms in total. The molecular formula is C21H29N5OS. The maximum Gasteiger partial charge on any atom is 0.223 e. The zero-order valence-corrected chi connectivity index (χ0v) is 17.8. The number of aromatic nitrogens is 2. The van der Waals surface area contributed by atoms with E-state index in [9.17, 15) is 4.79 Å². The first-order chi connectivity index (χ1) is 13.4. The van der Waals surface area contributed by atoms with Gasteiger partial charge in [-0.3, -0.25) is 19.6 Å². The highest BCUT2D eigenvalue weighted by atomic mass is 32.1. The van der Waals surface area contributed by atoms with E-state index in [0.29, 0.717) is 10.5 Å². The Labute approximate surface area is 171 Å². The number of anilines is 1. The van der Waals surface area contributed by atoms with Crippen molar-refractivity contribution in [2.24, 2.45) is 5.41 Å². The fourth-order valence-electron chi connectivity index (χ4n) is 4.74. The first kappa shape index (κ1) is 19.5. The summed E-state index contributed by atoms with van der Waals surface area (Å²) < 4.78 is 0. The second kappa shape index (κ2) is 7.89. The Morgan fingerprint density at radius 1 is 1.14 bits per heavy atom. The highest BCUT2D eigenvalue weighted by Crippen LogP contribution is 2.40. The summed E-state index contributed by atoms with van der Waals surface area (Å²) in [5.74, 6) is -0.0633. The fourth-order valence-corrected chi connectivity index (χ4v) is 5.64. The third-order valence-electron chi connectivity index (χ3n) is 5.80. The maximum absolute atomic E-state index is 11.2. The van der Waals surface area contributed by atoms with Crippen molar-refractivity contribution >= 4 is 22.4 Å². The van der Waals surface area contributed by atoms with E-state index < -0.39 is 0 Å². The summed E-state index contributed by atoms with van der Waals surface area (Å²) >= 11 is 1.58. The molecule has 1 amide bonds. The predicted molar refractivity (Wildman–Crippen MR) is 112 cm³/mol. The van der Waals surface area contributed by atoms with E-state index in [2.05, 4.69) is 51.1 Å². The van der Waals surface area contributed by atoms with E-state index in [1.165, 1.54) is 43.3 Å². The monoisotopic (exact) mass is 399 g/mol. The van der Waals surface area contributed by atoms with Crippen molar-refractivity contribution in [2.45, 2.75) is 46.7 Å². The van der Waals surface area contributed by atoms with Gasteiger partial charge in [0.25, 0.3) is 0 Å². The first-order valence-electron chi connectivity index (χ1n) is 10.0. The Morgan fingerprint density at radius 2 is 1.79 bits per heavy atom. The van der Waals surface area contributed by atoms with Gasteiger partial charge in [-0.1, -0.05) is 0 Å². The largest absolute Gasteiger partial charge is 0.302 e. The summed E-state index contributed by atoms with van der Waals surface area (Å²) in [6.45, 7) is 12.3. The minimum atomic E-state index is -0.0633. The molecule has 0 aliphatic carbocycles. The van der Waals surface area contributed by atoms with Crippen molar-refractivity contribution in [1.82, 2.24) is 19.8 Å². The lowest BCUT2D eigenvalue weighted by Crippen LogP contribution is -2.30. The van der Waals surface area contributed by atoms with Gasteiger partial charge in [0.2, 0.25) is 5.91 Å². The normalized spacial score (nSPS) is 23.0. The second-order valence-corrected chi connectivity index (χ2v) is 9.61. The molecule has 1 unspecified atom stereocenters. The Kier molecular flexibility index (Phi) is 5.49. The van der Waals surface area contributed by atoms with Crippen LogP contribution in [0.1, 0.15) is 41.6 Å². The third kappa shape index (κ3) is 4.59. The molecule has 2 aliphatic rings. The van der Waals surface area contributed by atoms with Crippen LogP contribution in [-0.4, -0.2) is 51.9 Å². The molecule has 2 fully saturated rings. The standard InChI is InChI=1S/C21H29N5OS/c1-15-8-18(9-16(2)23-15)11-25-6-4-21(13-25)5-7-26(14-21)12-19-10-22-20(28-19)24-17(3)27/h8-10H,4-7,11-14H2,1-3H3,(H,22,24,27). The van der Waals surface area contributed by atoms with Gasteiger partial charge in [-0.15, -0.1) is 11.3 Å². The van der Waals surface area contributed by atoms with Gasteiger partial charge in [-0.2, -0.15) is 0 Å². The van der Waals surface area contributed by atoms with Crippen molar-refractivity contribution in [2.75, 3.05) is 31.5 Å². The molecule has 150 valence electrons. The molecule has 2 aliphatic heterocycles. The van der Waals surface area contributed by atoms with Crippen LogP contribution in [0.15, 0.2) is 18.3 Å². The third-order valence-corrected chi connectivity index (χ3v) is 6.70. The summed E-state index contributed by atoms with van der Waals surface area (Å²) in [4.78, 5) is 26.4. The average Bonchev–Trinajstić information content (AvgIpc) is 3.29. The van der Waals surface area contributed by atoms with Gasteiger partial charge in [-0.25, -0.2) is 4.98 Å². The number of carbonyl (C=O) groups is 1. The molecule has 0 saturated carbocycles. The average molecular weight is 400 g/mol. The van der Waals surface area contributed by atoms with Crippen LogP contribution in [0.3, 0.4) is 0 Å². The molecule has 2 saturated heterocycles. The number of likely N-dealkylation sites (tertiary alicyclic amines) is 2. The van der Waals surface area contributed by atoms with E-state index in [1.807, 2.05) is 6.20 Å². The molecule has 4 heterocycles. The highest BCUT2D eigenvalue weighted by Gasteiger charge is 2.43. The Balaban J connectivity index is 1.32. The van der Waals surface area contributed by atoms with Crippen LogP contribution in [0.4, 0.5) is 5.13 Å². The van der Waals surface area contributed by atoms with Gasteiger partial charge >= 0.3 is 0 Å². The van der Waals surface area contributed by atoms with E-state index >= 15 is 0 Å². The molecule has 28 heavy (non-hydrogen) atoms.